The quantitative estimate of drug-likeness (QED) is 0.174. The Bertz CT molecular complexity index is 3880. The Hall–Kier alpha value is -7.93. The van der Waals surface area contributed by atoms with Gasteiger partial charge in [-0.05, 0) is 70.4 Å². The number of hydrogen-bond acceptors (Lipinski definition) is 5. The lowest BCUT2D eigenvalue weighted by atomic mass is 10.0. The monoisotopic (exact) mass is 796 g/mol. The van der Waals surface area contributed by atoms with Crippen molar-refractivity contribution in [3.63, 3.8) is 0 Å². The maximum absolute atomic E-state index is 6.94. The molecule has 0 aliphatic heterocycles. The first-order valence-electron chi connectivity index (χ1n) is 20.4. The van der Waals surface area contributed by atoms with Crippen molar-refractivity contribution in [3.05, 3.63) is 194 Å². The summed E-state index contributed by atoms with van der Waals surface area (Å²) in [6, 6.07) is 68.4. The van der Waals surface area contributed by atoms with Crippen LogP contribution in [0.15, 0.2) is 199 Å². The van der Waals surface area contributed by atoms with Crippen LogP contribution in [0.1, 0.15) is 0 Å². The summed E-state index contributed by atoms with van der Waals surface area (Å²) in [6.45, 7) is 0. The van der Waals surface area contributed by atoms with E-state index in [1.807, 2.05) is 18.2 Å². The number of rotatable bonds is 5. The first kappa shape index (κ1) is 34.0. The number of para-hydroxylation sites is 2. The molecule has 61 heavy (non-hydrogen) atoms. The van der Waals surface area contributed by atoms with Gasteiger partial charge in [0.2, 0.25) is 0 Å². The van der Waals surface area contributed by atoms with Crippen LogP contribution < -0.4 is 0 Å². The zero-order chi connectivity index (χ0) is 40.0. The number of nitrogens with zero attached hydrogens (tertiary/aromatic N) is 4. The second kappa shape index (κ2) is 13.3. The van der Waals surface area contributed by atoms with Crippen molar-refractivity contribution in [2.24, 2.45) is 0 Å². The molecule has 0 saturated carbocycles. The lowest BCUT2D eigenvalue weighted by molar-refractivity contribution is 0.666. The van der Waals surface area contributed by atoms with E-state index in [2.05, 4.69) is 180 Å². The van der Waals surface area contributed by atoms with Crippen LogP contribution in [0.2, 0.25) is 0 Å². The van der Waals surface area contributed by atoms with Crippen molar-refractivity contribution in [3.8, 4) is 51.0 Å². The van der Waals surface area contributed by atoms with E-state index < -0.39 is 0 Å². The summed E-state index contributed by atoms with van der Waals surface area (Å²) in [4.78, 5) is 16.2. The molecule has 4 aromatic heterocycles. The predicted molar refractivity (Wildman–Crippen MR) is 254 cm³/mol. The van der Waals surface area contributed by atoms with Crippen LogP contribution in [0.25, 0.3) is 126 Å². The Morgan fingerprint density at radius 1 is 0.393 bits per heavy atom. The molecule has 0 radical (unpaired) electrons. The number of aromatic nitrogens is 4. The smallest absolute Gasteiger partial charge is 0.166 e. The van der Waals surface area contributed by atoms with E-state index in [0.717, 1.165) is 82.6 Å². The molecule has 13 aromatic rings. The van der Waals surface area contributed by atoms with Gasteiger partial charge in [-0.25, -0.2) is 15.0 Å². The van der Waals surface area contributed by atoms with Crippen molar-refractivity contribution in [1.29, 1.82) is 0 Å². The third-order valence-corrected chi connectivity index (χ3v) is 13.2. The molecular weight excluding hydrogens is 765 g/mol. The molecule has 0 aliphatic carbocycles. The summed E-state index contributed by atoms with van der Waals surface area (Å²) in [5, 5.41) is 9.11. The van der Waals surface area contributed by atoms with E-state index in [1.54, 1.807) is 11.3 Å². The Labute approximate surface area is 353 Å². The average Bonchev–Trinajstić information content (AvgIpc) is 4.00. The van der Waals surface area contributed by atoms with Crippen LogP contribution in [-0.2, 0) is 0 Å². The first-order valence-corrected chi connectivity index (χ1v) is 21.2. The number of fused-ring (bicyclic) bond motifs is 10. The summed E-state index contributed by atoms with van der Waals surface area (Å²) < 4.78 is 11.7. The topological polar surface area (TPSA) is 56.7 Å². The molecule has 0 fully saturated rings. The summed E-state index contributed by atoms with van der Waals surface area (Å²) >= 11 is 1.79. The summed E-state index contributed by atoms with van der Waals surface area (Å²) in [7, 11) is 0. The second-order valence-electron chi connectivity index (χ2n) is 15.5. The van der Waals surface area contributed by atoms with Gasteiger partial charge >= 0.3 is 0 Å². The van der Waals surface area contributed by atoms with Gasteiger partial charge in [-0.2, -0.15) is 0 Å². The van der Waals surface area contributed by atoms with E-state index in [-0.39, 0.29) is 0 Å². The molecule has 0 amide bonds. The number of furan rings is 1. The molecule has 284 valence electrons. The fourth-order valence-electron chi connectivity index (χ4n) is 9.22. The van der Waals surface area contributed by atoms with Crippen LogP contribution in [0.4, 0.5) is 0 Å². The van der Waals surface area contributed by atoms with Crippen LogP contribution in [0, 0.1) is 0 Å². The predicted octanol–water partition coefficient (Wildman–Crippen LogP) is 15.1. The minimum absolute atomic E-state index is 0.563. The number of thiophene rings is 1. The lowest BCUT2D eigenvalue weighted by Crippen LogP contribution is -2.04. The summed E-state index contributed by atoms with van der Waals surface area (Å²) in [5.74, 6) is 1.78. The average molecular weight is 797 g/mol. The molecule has 0 spiro atoms. The molecule has 0 N–H and O–H groups in total. The number of hydrogen-bond donors (Lipinski definition) is 0. The fraction of sp³-hybridized carbons (Fsp3) is 0. The molecule has 0 unspecified atom stereocenters. The highest BCUT2D eigenvalue weighted by atomic mass is 32.1. The Morgan fingerprint density at radius 2 is 1.03 bits per heavy atom. The van der Waals surface area contributed by atoms with E-state index in [0.29, 0.717) is 17.5 Å². The minimum Gasteiger partial charge on any atom is -0.454 e. The van der Waals surface area contributed by atoms with Crippen LogP contribution >= 0.6 is 11.3 Å². The Morgan fingerprint density at radius 3 is 1.89 bits per heavy atom. The van der Waals surface area contributed by atoms with E-state index in [1.165, 1.54) is 25.6 Å². The lowest BCUT2D eigenvalue weighted by Gasteiger charge is -2.16. The molecule has 13 rings (SSSR count). The highest BCUT2D eigenvalue weighted by molar-refractivity contribution is 7.25. The second-order valence-corrected chi connectivity index (χ2v) is 16.6. The van der Waals surface area contributed by atoms with Gasteiger partial charge in [-0.15, -0.1) is 11.3 Å². The van der Waals surface area contributed by atoms with Gasteiger partial charge < -0.3 is 8.98 Å². The highest BCUT2D eigenvalue weighted by Crippen LogP contribution is 2.44. The highest BCUT2D eigenvalue weighted by Gasteiger charge is 2.25. The van der Waals surface area contributed by atoms with Gasteiger partial charge in [-0.3, -0.25) is 0 Å². The number of benzene rings is 9. The van der Waals surface area contributed by atoms with Crippen molar-refractivity contribution < 1.29 is 4.42 Å². The zero-order valence-corrected chi connectivity index (χ0v) is 33.4. The molecule has 0 saturated heterocycles. The van der Waals surface area contributed by atoms with Crippen LogP contribution in [0.3, 0.4) is 0 Å². The standard InChI is InChI=1S/C55H32N4OS/c1-2-13-33(14-3-1)34-25-27-35(28-26-34)53-56-54(42-20-12-24-49-50(42)41-19-8-11-23-48(41)61-49)58-55(57-53)43-30-29-40-39-18-7-10-22-47(39)60-52(40)51(43)59-45-21-9-6-17-38(45)44-31-36-15-4-5-16-37(36)32-46(44)59/h1-32H. The SMILES string of the molecule is c1ccc(-c2ccc(-c3nc(-c4ccc5c(oc6ccccc65)c4-n4c5ccccc5c5cc6ccccc6cc54)nc(-c4cccc5sc6ccccc6c45)n3)cc2)cc1. The molecule has 6 heteroatoms. The Kier molecular flexibility index (Phi) is 7.41. The van der Waals surface area contributed by atoms with Crippen molar-refractivity contribution in [2.75, 3.05) is 0 Å². The van der Waals surface area contributed by atoms with Crippen molar-refractivity contribution >= 4 is 86.0 Å². The van der Waals surface area contributed by atoms with Gasteiger partial charge in [0.25, 0.3) is 0 Å². The van der Waals surface area contributed by atoms with E-state index in [4.69, 9.17) is 19.4 Å². The maximum Gasteiger partial charge on any atom is 0.166 e. The molecule has 4 heterocycles. The van der Waals surface area contributed by atoms with Crippen molar-refractivity contribution in [2.45, 2.75) is 0 Å². The van der Waals surface area contributed by atoms with E-state index >= 15 is 0 Å². The normalized spacial score (nSPS) is 11.9. The molecule has 0 bridgehead atoms. The van der Waals surface area contributed by atoms with Crippen molar-refractivity contribution in [1.82, 2.24) is 19.5 Å². The minimum atomic E-state index is 0.563. The molecule has 0 atom stereocenters. The molecule has 5 nitrogen and oxygen atoms in total. The van der Waals surface area contributed by atoms with Crippen LogP contribution in [0.5, 0.6) is 0 Å². The summed E-state index contributed by atoms with van der Waals surface area (Å²) in [5.41, 5.74) is 9.64. The molecule has 0 aliphatic rings. The maximum atomic E-state index is 6.94. The van der Waals surface area contributed by atoms with Gasteiger partial charge in [-0.1, -0.05) is 146 Å². The third kappa shape index (κ3) is 5.29. The summed E-state index contributed by atoms with van der Waals surface area (Å²) in [6.07, 6.45) is 0. The fourth-order valence-corrected chi connectivity index (χ4v) is 10.4. The first-order chi connectivity index (χ1) is 30.2. The zero-order valence-electron chi connectivity index (χ0n) is 32.6. The van der Waals surface area contributed by atoms with Gasteiger partial charge in [0.15, 0.2) is 23.1 Å². The Balaban J connectivity index is 1.14. The third-order valence-electron chi connectivity index (χ3n) is 12.1. The van der Waals surface area contributed by atoms with E-state index in [9.17, 15) is 0 Å². The van der Waals surface area contributed by atoms with Gasteiger partial charge in [0, 0.05) is 58.4 Å². The molecule has 9 aromatic carbocycles. The van der Waals surface area contributed by atoms with Gasteiger partial charge in [0.05, 0.1) is 11.0 Å². The molecular formula is C55H32N4OS. The van der Waals surface area contributed by atoms with Crippen LogP contribution in [-0.4, -0.2) is 19.5 Å². The van der Waals surface area contributed by atoms with Gasteiger partial charge in [0.1, 0.15) is 11.3 Å². The largest absolute Gasteiger partial charge is 0.454 e.